The Morgan fingerprint density at radius 1 is 1.59 bits per heavy atom. The van der Waals surface area contributed by atoms with Gasteiger partial charge in [0.1, 0.15) is 0 Å². The molecule has 2 rings (SSSR count). The van der Waals surface area contributed by atoms with Gasteiger partial charge in [-0.2, -0.15) is 0 Å². The number of carbonyl (C=O) groups is 1. The first-order valence-corrected chi connectivity index (χ1v) is 6.72. The highest BCUT2D eigenvalue weighted by Gasteiger charge is 2.26. The van der Waals surface area contributed by atoms with Gasteiger partial charge in [-0.1, -0.05) is 13.0 Å². The van der Waals surface area contributed by atoms with Gasteiger partial charge in [-0.3, -0.25) is 4.79 Å². The summed E-state index contributed by atoms with van der Waals surface area (Å²) in [5.41, 5.74) is 2.30. The highest BCUT2D eigenvalue weighted by atomic mass is 32.2. The summed E-state index contributed by atoms with van der Waals surface area (Å²) in [5, 5.41) is 3.37. The van der Waals surface area contributed by atoms with Crippen LogP contribution in [0.2, 0.25) is 0 Å². The molecule has 1 atom stereocenters. The summed E-state index contributed by atoms with van der Waals surface area (Å²) in [6.07, 6.45) is 0. The van der Waals surface area contributed by atoms with Gasteiger partial charge in [-0.15, -0.1) is 11.8 Å². The molecule has 1 aromatic rings. The minimum Gasteiger partial charge on any atom is -0.311 e. The van der Waals surface area contributed by atoms with Crippen LogP contribution in [0.1, 0.15) is 12.5 Å². The summed E-state index contributed by atoms with van der Waals surface area (Å²) >= 11 is 1.85. The molecule has 17 heavy (non-hydrogen) atoms. The molecule has 1 heterocycles. The Bertz CT molecular complexity index is 433. The molecule has 1 unspecified atom stereocenters. The van der Waals surface area contributed by atoms with Gasteiger partial charge >= 0.3 is 0 Å². The van der Waals surface area contributed by atoms with Crippen LogP contribution in [-0.2, 0) is 4.79 Å². The lowest BCUT2D eigenvalue weighted by atomic mass is 10.2. The van der Waals surface area contributed by atoms with Crippen molar-refractivity contribution in [2.45, 2.75) is 24.0 Å². The van der Waals surface area contributed by atoms with Gasteiger partial charge in [0.25, 0.3) is 0 Å². The van der Waals surface area contributed by atoms with Crippen molar-refractivity contribution in [1.29, 1.82) is 0 Å². The molecule has 3 nitrogen and oxygen atoms in total. The third-order valence-corrected chi connectivity index (χ3v) is 3.94. The highest BCUT2D eigenvalue weighted by molar-refractivity contribution is 8.00. The molecule has 0 saturated carbocycles. The van der Waals surface area contributed by atoms with E-state index in [-0.39, 0.29) is 5.91 Å². The zero-order valence-electron chi connectivity index (χ0n) is 10.5. The number of aryl methyl sites for hydroxylation is 1. The summed E-state index contributed by atoms with van der Waals surface area (Å²) in [5.74, 6) is 0.143. The van der Waals surface area contributed by atoms with Crippen molar-refractivity contribution in [3.63, 3.8) is 0 Å². The number of nitrogens with one attached hydrogen (secondary N) is 1. The number of likely N-dealkylation sites (N-methyl/N-ethyl adjacent to an activating group) is 1. The number of hydrogen-bond donors (Lipinski definition) is 1. The normalized spacial score (nSPS) is 19.0. The number of benzene rings is 1. The molecule has 4 heteroatoms. The van der Waals surface area contributed by atoms with E-state index >= 15 is 0 Å². The van der Waals surface area contributed by atoms with Crippen molar-refractivity contribution < 1.29 is 4.79 Å². The van der Waals surface area contributed by atoms with Gasteiger partial charge in [0.2, 0.25) is 5.91 Å². The van der Waals surface area contributed by atoms with E-state index in [1.165, 1.54) is 10.5 Å². The van der Waals surface area contributed by atoms with Crippen molar-refractivity contribution >= 4 is 23.4 Å². The summed E-state index contributed by atoms with van der Waals surface area (Å²) in [6, 6.07) is 6.28. The fourth-order valence-corrected chi connectivity index (χ4v) is 3.24. The molecule has 1 aliphatic rings. The Kier molecular flexibility index (Phi) is 3.74. The fourth-order valence-electron chi connectivity index (χ4n) is 2.03. The van der Waals surface area contributed by atoms with Gasteiger partial charge in [-0.25, -0.2) is 0 Å². The largest absolute Gasteiger partial charge is 0.311 e. The van der Waals surface area contributed by atoms with Crippen molar-refractivity contribution in [3.8, 4) is 0 Å². The Labute approximate surface area is 107 Å². The molecule has 1 amide bonds. The maximum Gasteiger partial charge on any atom is 0.240 e. The maximum atomic E-state index is 12.0. The van der Waals surface area contributed by atoms with Crippen LogP contribution in [0.25, 0.3) is 0 Å². The van der Waals surface area contributed by atoms with Gasteiger partial charge in [0.15, 0.2) is 0 Å². The summed E-state index contributed by atoms with van der Waals surface area (Å²) in [4.78, 5) is 15.2. The first kappa shape index (κ1) is 12.5. The second-order valence-electron chi connectivity index (χ2n) is 4.43. The monoisotopic (exact) mass is 250 g/mol. The molecule has 0 aromatic heterocycles. The van der Waals surface area contributed by atoms with Crippen LogP contribution in [0.3, 0.4) is 0 Å². The molecule has 0 radical (unpaired) electrons. The Morgan fingerprint density at radius 2 is 2.35 bits per heavy atom. The van der Waals surface area contributed by atoms with E-state index in [9.17, 15) is 4.79 Å². The van der Waals surface area contributed by atoms with Crippen LogP contribution in [-0.4, -0.2) is 31.3 Å². The number of anilines is 1. The van der Waals surface area contributed by atoms with Gasteiger partial charge in [0.05, 0.1) is 12.2 Å². The number of amides is 1. The van der Waals surface area contributed by atoms with Crippen molar-refractivity contribution in [2.75, 3.05) is 25.0 Å². The predicted molar refractivity (Wildman–Crippen MR) is 72.8 cm³/mol. The summed E-state index contributed by atoms with van der Waals surface area (Å²) in [6.45, 7) is 5.43. The second-order valence-corrected chi connectivity index (χ2v) is 5.91. The van der Waals surface area contributed by atoms with E-state index in [1.807, 2.05) is 16.7 Å². The average Bonchev–Trinajstić information content (AvgIpc) is 2.27. The zero-order valence-corrected chi connectivity index (χ0v) is 11.3. The molecule has 0 spiro atoms. The third kappa shape index (κ3) is 2.64. The summed E-state index contributed by atoms with van der Waals surface area (Å²) < 4.78 is 0. The van der Waals surface area contributed by atoms with E-state index in [4.69, 9.17) is 0 Å². The van der Waals surface area contributed by atoms with E-state index in [0.717, 1.165) is 12.2 Å². The molecular formula is C13H18N2OS. The molecule has 1 aliphatic heterocycles. The zero-order chi connectivity index (χ0) is 12.4. The molecule has 1 N–H and O–H groups in total. The van der Waals surface area contributed by atoms with Crippen molar-refractivity contribution in [3.05, 3.63) is 23.8 Å². The lowest BCUT2D eigenvalue weighted by Gasteiger charge is -2.33. The minimum absolute atomic E-state index is 0.143. The van der Waals surface area contributed by atoms with Crippen molar-refractivity contribution in [2.24, 2.45) is 0 Å². The van der Waals surface area contributed by atoms with Crippen LogP contribution < -0.4 is 10.2 Å². The van der Waals surface area contributed by atoms with Crippen LogP contribution >= 0.6 is 11.8 Å². The first-order valence-electron chi connectivity index (χ1n) is 5.84. The third-order valence-electron chi connectivity index (χ3n) is 2.80. The second kappa shape index (κ2) is 5.10. The van der Waals surface area contributed by atoms with Crippen molar-refractivity contribution in [1.82, 2.24) is 5.32 Å². The number of carbonyl (C=O) groups excluding carboxylic acids is 1. The van der Waals surface area contributed by atoms with Crippen LogP contribution in [0.15, 0.2) is 23.1 Å². The number of thioether (sulfide) groups is 1. The number of hydrogen-bond acceptors (Lipinski definition) is 3. The van der Waals surface area contributed by atoms with Gasteiger partial charge < -0.3 is 10.2 Å². The Morgan fingerprint density at radius 3 is 3.06 bits per heavy atom. The van der Waals surface area contributed by atoms with Crippen LogP contribution in [0.4, 0.5) is 5.69 Å². The van der Waals surface area contributed by atoms with E-state index < -0.39 is 0 Å². The average molecular weight is 250 g/mol. The molecule has 0 saturated heterocycles. The van der Waals surface area contributed by atoms with Crippen LogP contribution in [0.5, 0.6) is 0 Å². The minimum atomic E-state index is 0.143. The van der Waals surface area contributed by atoms with E-state index in [0.29, 0.717) is 11.8 Å². The Hall–Kier alpha value is -1.00. The predicted octanol–water partition coefficient (Wildman–Crippen LogP) is 2.04. The van der Waals surface area contributed by atoms with E-state index in [1.54, 1.807) is 7.05 Å². The number of fused-ring (bicyclic) bond motifs is 1. The quantitative estimate of drug-likeness (QED) is 0.872. The molecule has 92 valence electrons. The van der Waals surface area contributed by atoms with Gasteiger partial charge in [-0.05, 0) is 31.7 Å². The number of rotatable bonds is 2. The number of nitrogens with zero attached hydrogens (tertiary/aromatic N) is 1. The lowest BCUT2D eigenvalue weighted by Crippen LogP contribution is -2.42. The van der Waals surface area contributed by atoms with E-state index in [2.05, 4.69) is 37.4 Å². The fraction of sp³-hybridized carbons (Fsp3) is 0.462. The Balaban J connectivity index is 2.34. The SMILES string of the molecule is CNCC(=O)N1CC(C)Sc2cc(C)ccc21. The molecule has 0 aliphatic carbocycles. The molecule has 0 fully saturated rings. The summed E-state index contributed by atoms with van der Waals surface area (Å²) in [7, 11) is 1.80. The first-order chi connectivity index (χ1) is 8.11. The molecular weight excluding hydrogens is 232 g/mol. The topological polar surface area (TPSA) is 32.3 Å². The van der Waals surface area contributed by atoms with Gasteiger partial charge in [0, 0.05) is 16.7 Å². The van der Waals surface area contributed by atoms with Crippen LogP contribution in [0, 0.1) is 6.92 Å². The standard InChI is InChI=1S/C13H18N2OS/c1-9-4-5-11-12(6-9)17-10(2)8-15(11)13(16)7-14-3/h4-6,10,14H,7-8H2,1-3H3. The molecule has 0 bridgehead atoms. The highest BCUT2D eigenvalue weighted by Crippen LogP contribution is 2.38. The molecule has 1 aromatic carbocycles. The maximum absolute atomic E-state index is 12.0. The lowest BCUT2D eigenvalue weighted by molar-refractivity contribution is -0.117. The smallest absolute Gasteiger partial charge is 0.240 e.